The molecule has 0 amide bonds. The quantitative estimate of drug-likeness (QED) is 0.816. The highest BCUT2D eigenvalue weighted by Gasteiger charge is 2.51. The molecule has 1 aliphatic rings. The minimum absolute atomic E-state index is 0.163. The SMILES string of the molecule is CNC(CN(C)c1ccc(C)cc1C)(C(=O)OC)C1CC1. The number of rotatable bonds is 6. The highest BCUT2D eigenvalue weighted by molar-refractivity contribution is 5.83. The third kappa shape index (κ3) is 3.05. The summed E-state index contributed by atoms with van der Waals surface area (Å²) in [5.41, 5.74) is 3.02. The van der Waals surface area contributed by atoms with Crippen LogP contribution in [-0.4, -0.2) is 39.3 Å². The predicted octanol–water partition coefficient (Wildman–Crippen LogP) is 2.28. The van der Waals surface area contributed by atoms with Gasteiger partial charge in [0, 0.05) is 19.3 Å². The zero-order valence-electron chi connectivity index (χ0n) is 13.7. The Morgan fingerprint density at radius 1 is 1.43 bits per heavy atom. The molecule has 2 rings (SSSR count). The molecule has 0 radical (unpaired) electrons. The first-order chi connectivity index (χ1) is 9.94. The number of aryl methyl sites for hydroxylation is 2. The van der Waals surface area contributed by atoms with Crippen LogP contribution in [0, 0.1) is 19.8 Å². The summed E-state index contributed by atoms with van der Waals surface area (Å²) in [6, 6.07) is 6.40. The topological polar surface area (TPSA) is 41.6 Å². The summed E-state index contributed by atoms with van der Waals surface area (Å²) in [6.45, 7) is 4.81. The molecule has 0 saturated heterocycles. The zero-order chi connectivity index (χ0) is 15.6. The van der Waals surface area contributed by atoms with E-state index >= 15 is 0 Å². The van der Waals surface area contributed by atoms with Gasteiger partial charge >= 0.3 is 5.97 Å². The number of carbonyl (C=O) groups excluding carboxylic acids is 1. The van der Waals surface area contributed by atoms with Crippen LogP contribution in [0.5, 0.6) is 0 Å². The Bertz CT molecular complexity index is 526. The van der Waals surface area contributed by atoms with Gasteiger partial charge in [-0.25, -0.2) is 4.79 Å². The fourth-order valence-corrected chi connectivity index (χ4v) is 3.20. The number of benzene rings is 1. The van der Waals surface area contributed by atoms with Gasteiger partial charge in [-0.15, -0.1) is 0 Å². The average Bonchev–Trinajstić information content (AvgIpc) is 3.28. The van der Waals surface area contributed by atoms with Gasteiger partial charge in [0.1, 0.15) is 5.54 Å². The summed E-state index contributed by atoms with van der Waals surface area (Å²) in [5.74, 6) is 0.201. The van der Waals surface area contributed by atoms with Crippen molar-refractivity contribution in [2.45, 2.75) is 32.2 Å². The Hall–Kier alpha value is -1.55. The molecule has 0 heterocycles. The van der Waals surface area contributed by atoms with Crippen LogP contribution >= 0.6 is 0 Å². The van der Waals surface area contributed by atoms with E-state index in [0.29, 0.717) is 12.5 Å². The molecule has 0 bridgehead atoms. The molecule has 116 valence electrons. The minimum atomic E-state index is -0.610. The molecule has 0 aromatic heterocycles. The Labute approximate surface area is 127 Å². The number of ether oxygens (including phenoxy) is 1. The number of anilines is 1. The fraction of sp³-hybridized carbons (Fsp3) is 0.588. The summed E-state index contributed by atoms with van der Waals surface area (Å²) >= 11 is 0. The number of hydrogen-bond donors (Lipinski definition) is 1. The lowest BCUT2D eigenvalue weighted by atomic mass is 9.92. The van der Waals surface area contributed by atoms with Crippen LogP contribution in [0.4, 0.5) is 5.69 Å². The molecule has 0 aliphatic heterocycles. The molecular weight excluding hydrogens is 264 g/mol. The molecule has 21 heavy (non-hydrogen) atoms. The Kier molecular flexibility index (Phi) is 4.57. The molecule has 4 nitrogen and oxygen atoms in total. The minimum Gasteiger partial charge on any atom is -0.468 e. The molecule has 1 aliphatic carbocycles. The Morgan fingerprint density at radius 3 is 2.57 bits per heavy atom. The summed E-state index contributed by atoms with van der Waals surface area (Å²) in [6.07, 6.45) is 2.16. The van der Waals surface area contributed by atoms with E-state index in [0.717, 1.165) is 18.5 Å². The van der Waals surface area contributed by atoms with Crippen molar-refractivity contribution >= 4 is 11.7 Å². The van der Waals surface area contributed by atoms with Crippen molar-refractivity contribution in [2.75, 3.05) is 32.6 Å². The Balaban J connectivity index is 2.25. The van der Waals surface area contributed by atoms with Crippen LogP contribution in [0.15, 0.2) is 18.2 Å². The number of nitrogens with one attached hydrogen (secondary N) is 1. The lowest BCUT2D eigenvalue weighted by molar-refractivity contribution is -0.149. The smallest absolute Gasteiger partial charge is 0.328 e. The second kappa shape index (κ2) is 6.06. The molecule has 1 aromatic carbocycles. The van der Waals surface area contributed by atoms with Crippen LogP contribution in [0.1, 0.15) is 24.0 Å². The maximum Gasteiger partial charge on any atom is 0.328 e. The molecule has 1 unspecified atom stereocenters. The van der Waals surface area contributed by atoms with Gasteiger partial charge in [-0.1, -0.05) is 17.7 Å². The zero-order valence-corrected chi connectivity index (χ0v) is 13.7. The van der Waals surface area contributed by atoms with Crippen LogP contribution < -0.4 is 10.2 Å². The number of esters is 1. The van der Waals surface area contributed by atoms with E-state index in [-0.39, 0.29) is 5.97 Å². The lowest BCUT2D eigenvalue weighted by Crippen LogP contribution is -2.59. The van der Waals surface area contributed by atoms with Gasteiger partial charge < -0.3 is 15.0 Å². The first-order valence-electron chi connectivity index (χ1n) is 7.50. The van der Waals surface area contributed by atoms with Crippen molar-refractivity contribution in [2.24, 2.45) is 5.92 Å². The summed E-state index contributed by atoms with van der Waals surface area (Å²) in [5, 5.41) is 3.24. The molecule has 1 fully saturated rings. The molecule has 1 N–H and O–H groups in total. The van der Waals surface area contributed by atoms with Gasteiger partial charge in [-0.05, 0) is 51.3 Å². The molecule has 1 saturated carbocycles. The van der Waals surface area contributed by atoms with Gasteiger partial charge in [-0.3, -0.25) is 0 Å². The lowest BCUT2D eigenvalue weighted by Gasteiger charge is -2.36. The second-order valence-electron chi connectivity index (χ2n) is 6.13. The van der Waals surface area contributed by atoms with Crippen molar-refractivity contribution in [1.82, 2.24) is 5.32 Å². The summed E-state index contributed by atoms with van der Waals surface area (Å²) in [7, 11) is 5.36. The number of likely N-dealkylation sites (N-methyl/N-ethyl adjacent to an activating group) is 2. The third-order valence-electron chi connectivity index (χ3n) is 4.52. The van der Waals surface area contributed by atoms with Gasteiger partial charge in [0.2, 0.25) is 0 Å². The van der Waals surface area contributed by atoms with E-state index in [1.807, 2.05) is 14.1 Å². The van der Waals surface area contributed by atoms with Crippen molar-refractivity contribution in [3.05, 3.63) is 29.3 Å². The Morgan fingerprint density at radius 2 is 2.10 bits per heavy atom. The number of nitrogens with zero attached hydrogens (tertiary/aromatic N) is 1. The van der Waals surface area contributed by atoms with E-state index < -0.39 is 5.54 Å². The second-order valence-corrected chi connectivity index (χ2v) is 6.13. The van der Waals surface area contributed by atoms with Gasteiger partial charge in [0.05, 0.1) is 7.11 Å². The van der Waals surface area contributed by atoms with Crippen molar-refractivity contribution < 1.29 is 9.53 Å². The first-order valence-corrected chi connectivity index (χ1v) is 7.50. The number of hydrogen-bond acceptors (Lipinski definition) is 4. The largest absolute Gasteiger partial charge is 0.468 e. The van der Waals surface area contributed by atoms with Crippen LogP contribution in [-0.2, 0) is 9.53 Å². The van der Waals surface area contributed by atoms with Crippen molar-refractivity contribution in [3.8, 4) is 0 Å². The van der Waals surface area contributed by atoms with E-state index in [4.69, 9.17) is 4.74 Å². The third-order valence-corrected chi connectivity index (χ3v) is 4.52. The monoisotopic (exact) mass is 290 g/mol. The number of methoxy groups -OCH3 is 1. The summed E-state index contributed by atoms with van der Waals surface area (Å²) in [4.78, 5) is 14.5. The molecule has 1 aromatic rings. The first kappa shape index (κ1) is 15.8. The molecule has 0 spiro atoms. The van der Waals surface area contributed by atoms with E-state index in [1.165, 1.54) is 18.2 Å². The van der Waals surface area contributed by atoms with Crippen LogP contribution in [0.3, 0.4) is 0 Å². The van der Waals surface area contributed by atoms with Crippen molar-refractivity contribution in [3.63, 3.8) is 0 Å². The average molecular weight is 290 g/mol. The van der Waals surface area contributed by atoms with E-state index in [9.17, 15) is 4.79 Å². The summed E-state index contributed by atoms with van der Waals surface area (Å²) < 4.78 is 5.07. The maximum atomic E-state index is 12.3. The van der Waals surface area contributed by atoms with Crippen LogP contribution in [0.25, 0.3) is 0 Å². The fourth-order valence-electron chi connectivity index (χ4n) is 3.20. The van der Waals surface area contributed by atoms with E-state index in [2.05, 4.69) is 42.3 Å². The van der Waals surface area contributed by atoms with Gasteiger partial charge in [0.25, 0.3) is 0 Å². The van der Waals surface area contributed by atoms with Gasteiger partial charge in [0.15, 0.2) is 0 Å². The number of carbonyl (C=O) groups is 1. The van der Waals surface area contributed by atoms with Crippen molar-refractivity contribution in [1.29, 1.82) is 0 Å². The molecule has 1 atom stereocenters. The van der Waals surface area contributed by atoms with Gasteiger partial charge in [-0.2, -0.15) is 0 Å². The molecular formula is C17H26N2O2. The highest BCUT2D eigenvalue weighted by Crippen LogP contribution is 2.41. The maximum absolute atomic E-state index is 12.3. The normalized spacial score (nSPS) is 17.2. The van der Waals surface area contributed by atoms with Crippen LogP contribution in [0.2, 0.25) is 0 Å². The van der Waals surface area contributed by atoms with E-state index in [1.54, 1.807) is 0 Å². The predicted molar refractivity (Wildman–Crippen MR) is 85.7 cm³/mol. The highest BCUT2D eigenvalue weighted by atomic mass is 16.5. The molecule has 4 heteroatoms. The standard InChI is InChI=1S/C17H26N2O2/c1-12-6-9-15(13(2)10-12)19(4)11-17(18-3,14-7-8-14)16(20)21-5/h6,9-10,14,18H,7-8,11H2,1-5H3.